The first kappa shape index (κ1) is 9.40. The molecule has 0 amide bonds. The van der Waals surface area contributed by atoms with Gasteiger partial charge in [-0.15, -0.1) is 0 Å². The van der Waals surface area contributed by atoms with Crippen molar-refractivity contribution in [3.8, 4) is 0 Å². The standard InChI is InChI=1S/C10H16N4/c1-10(6-11)3-5-14(7-10)9-2-4-12-8-13-9/h2,4,8H,3,5-7,11H2,1H3. The fourth-order valence-electron chi connectivity index (χ4n) is 1.86. The van der Waals surface area contributed by atoms with E-state index in [0.717, 1.165) is 31.9 Å². The average Bonchev–Trinajstić information content (AvgIpc) is 2.63. The lowest BCUT2D eigenvalue weighted by atomic mass is 9.90. The lowest BCUT2D eigenvalue weighted by Crippen LogP contribution is -2.31. The van der Waals surface area contributed by atoms with Gasteiger partial charge in [-0.2, -0.15) is 0 Å². The third kappa shape index (κ3) is 1.70. The summed E-state index contributed by atoms with van der Waals surface area (Å²) in [4.78, 5) is 10.4. The lowest BCUT2D eigenvalue weighted by molar-refractivity contribution is 0.383. The highest BCUT2D eigenvalue weighted by Crippen LogP contribution is 2.30. The molecule has 76 valence electrons. The number of hydrogen-bond acceptors (Lipinski definition) is 4. The monoisotopic (exact) mass is 192 g/mol. The zero-order valence-corrected chi connectivity index (χ0v) is 8.48. The van der Waals surface area contributed by atoms with Crippen LogP contribution in [0, 0.1) is 5.41 Å². The van der Waals surface area contributed by atoms with Crippen LogP contribution in [0.1, 0.15) is 13.3 Å². The normalized spacial score (nSPS) is 26.9. The van der Waals surface area contributed by atoms with Crippen LogP contribution in [0.5, 0.6) is 0 Å². The fraction of sp³-hybridized carbons (Fsp3) is 0.600. The quantitative estimate of drug-likeness (QED) is 0.747. The molecule has 0 aromatic carbocycles. The first-order valence-corrected chi connectivity index (χ1v) is 4.95. The number of aromatic nitrogens is 2. The van der Waals surface area contributed by atoms with Crippen molar-refractivity contribution in [1.29, 1.82) is 0 Å². The first-order chi connectivity index (χ1) is 6.73. The van der Waals surface area contributed by atoms with E-state index in [0.29, 0.717) is 0 Å². The molecule has 4 heteroatoms. The summed E-state index contributed by atoms with van der Waals surface area (Å²) in [6.45, 7) is 5.02. The zero-order valence-electron chi connectivity index (χ0n) is 8.48. The Morgan fingerprint density at radius 3 is 3.07 bits per heavy atom. The van der Waals surface area contributed by atoms with Crippen molar-refractivity contribution in [3.63, 3.8) is 0 Å². The molecule has 1 aliphatic heterocycles. The van der Waals surface area contributed by atoms with E-state index in [4.69, 9.17) is 5.73 Å². The summed E-state index contributed by atoms with van der Waals surface area (Å²) in [6, 6.07) is 1.95. The van der Waals surface area contributed by atoms with Crippen molar-refractivity contribution in [1.82, 2.24) is 9.97 Å². The summed E-state index contributed by atoms with van der Waals surface area (Å²) in [5.74, 6) is 1.01. The summed E-state index contributed by atoms with van der Waals surface area (Å²) >= 11 is 0. The SMILES string of the molecule is CC1(CN)CCN(c2ccncn2)C1. The van der Waals surface area contributed by atoms with E-state index in [1.54, 1.807) is 12.5 Å². The van der Waals surface area contributed by atoms with Gasteiger partial charge in [-0.05, 0) is 24.4 Å². The molecule has 1 atom stereocenters. The molecule has 2 N–H and O–H groups in total. The van der Waals surface area contributed by atoms with Crippen molar-refractivity contribution in [2.24, 2.45) is 11.1 Å². The summed E-state index contributed by atoms with van der Waals surface area (Å²) in [6.07, 6.45) is 4.52. The van der Waals surface area contributed by atoms with Crippen LogP contribution in [0.15, 0.2) is 18.6 Å². The van der Waals surface area contributed by atoms with Gasteiger partial charge in [0.15, 0.2) is 0 Å². The molecule has 0 spiro atoms. The Bertz CT molecular complexity index is 300. The molecule has 0 saturated carbocycles. The topological polar surface area (TPSA) is 55.0 Å². The molecular weight excluding hydrogens is 176 g/mol. The highest BCUT2D eigenvalue weighted by molar-refractivity contribution is 5.38. The van der Waals surface area contributed by atoms with E-state index in [1.807, 2.05) is 6.07 Å². The van der Waals surface area contributed by atoms with Gasteiger partial charge >= 0.3 is 0 Å². The van der Waals surface area contributed by atoms with Crippen molar-refractivity contribution in [3.05, 3.63) is 18.6 Å². The van der Waals surface area contributed by atoms with Crippen LogP contribution < -0.4 is 10.6 Å². The molecule has 1 saturated heterocycles. The molecule has 1 fully saturated rings. The van der Waals surface area contributed by atoms with Crippen molar-refractivity contribution >= 4 is 5.82 Å². The predicted octanol–water partition coefficient (Wildman–Crippen LogP) is 0.652. The number of nitrogens with zero attached hydrogens (tertiary/aromatic N) is 3. The molecular formula is C10H16N4. The molecule has 1 unspecified atom stereocenters. The average molecular weight is 192 g/mol. The van der Waals surface area contributed by atoms with Crippen LogP contribution in [0.2, 0.25) is 0 Å². The second kappa shape index (κ2) is 3.53. The predicted molar refractivity (Wildman–Crippen MR) is 56.0 cm³/mol. The van der Waals surface area contributed by atoms with Crippen LogP contribution in [0.25, 0.3) is 0 Å². The Kier molecular flexibility index (Phi) is 2.37. The molecule has 0 radical (unpaired) electrons. The Morgan fingerprint density at radius 2 is 2.50 bits per heavy atom. The van der Waals surface area contributed by atoms with E-state index >= 15 is 0 Å². The second-order valence-electron chi connectivity index (χ2n) is 4.25. The van der Waals surface area contributed by atoms with Crippen LogP contribution in [-0.2, 0) is 0 Å². The zero-order chi connectivity index (χ0) is 10.0. The maximum Gasteiger partial charge on any atom is 0.131 e. The van der Waals surface area contributed by atoms with Crippen LogP contribution in [-0.4, -0.2) is 29.6 Å². The molecule has 14 heavy (non-hydrogen) atoms. The number of rotatable bonds is 2. The summed E-state index contributed by atoms with van der Waals surface area (Å²) in [7, 11) is 0. The molecule has 2 rings (SSSR count). The molecule has 1 aliphatic rings. The van der Waals surface area contributed by atoms with Gasteiger partial charge in [0.2, 0.25) is 0 Å². The molecule has 1 aromatic rings. The highest BCUT2D eigenvalue weighted by atomic mass is 15.2. The number of anilines is 1. The van der Waals surface area contributed by atoms with Gasteiger partial charge in [0.05, 0.1) is 0 Å². The maximum absolute atomic E-state index is 5.75. The van der Waals surface area contributed by atoms with Crippen LogP contribution in [0.4, 0.5) is 5.82 Å². The summed E-state index contributed by atoms with van der Waals surface area (Å²) in [5, 5.41) is 0. The molecule has 2 heterocycles. The van der Waals surface area contributed by atoms with Gasteiger partial charge in [-0.25, -0.2) is 9.97 Å². The first-order valence-electron chi connectivity index (χ1n) is 4.95. The third-order valence-electron chi connectivity index (χ3n) is 2.94. The van der Waals surface area contributed by atoms with E-state index in [9.17, 15) is 0 Å². The van der Waals surface area contributed by atoms with Gasteiger partial charge in [0.25, 0.3) is 0 Å². The van der Waals surface area contributed by atoms with E-state index in [2.05, 4.69) is 21.8 Å². The number of hydrogen-bond donors (Lipinski definition) is 1. The third-order valence-corrected chi connectivity index (χ3v) is 2.94. The number of nitrogens with two attached hydrogens (primary N) is 1. The van der Waals surface area contributed by atoms with E-state index in [1.165, 1.54) is 0 Å². The molecule has 4 nitrogen and oxygen atoms in total. The Labute approximate surface area is 84.2 Å². The summed E-state index contributed by atoms with van der Waals surface area (Å²) in [5.41, 5.74) is 6.00. The van der Waals surface area contributed by atoms with Gasteiger partial charge in [-0.3, -0.25) is 0 Å². The highest BCUT2D eigenvalue weighted by Gasteiger charge is 2.32. The minimum atomic E-state index is 0.255. The fourth-order valence-corrected chi connectivity index (χ4v) is 1.86. The van der Waals surface area contributed by atoms with Gasteiger partial charge in [0.1, 0.15) is 12.1 Å². The van der Waals surface area contributed by atoms with Crippen LogP contribution in [0.3, 0.4) is 0 Å². The van der Waals surface area contributed by atoms with Gasteiger partial charge < -0.3 is 10.6 Å². The molecule has 1 aromatic heterocycles. The molecule has 0 aliphatic carbocycles. The van der Waals surface area contributed by atoms with E-state index < -0.39 is 0 Å². The maximum atomic E-state index is 5.75. The van der Waals surface area contributed by atoms with Crippen LogP contribution >= 0.6 is 0 Å². The second-order valence-corrected chi connectivity index (χ2v) is 4.25. The minimum absolute atomic E-state index is 0.255. The van der Waals surface area contributed by atoms with Crippen molar-refractivity contribution in [2.75, 3.05) is 24.5 Å². The Hall–Kier alpha value is -1.16. The Balaban J connectivity index is 2.10. The van der Waals surface area contributed by atoms with Gasteiger partial charge in [0, 0.05) is 19.3 Å². The van der Waals surface area contributed by atoms with E-state index in [-0.39, 0.29) is 5.41 Å². The van der Waals surface area contributed by atoms with Gasteiger partial charge in [-0.1, -0.05) is 6.92 Å². The van der Waals surface area contributed by atoms with Crippen molar-refractivity contribution in [2.45, 2.75) is 13.3 Å². The smallest absolute Gasteiger partial charge is 0.131 e. The minimum Gasteiger partial charge on any atom is -0.356 e. The summed E-state index contributed by atoms with van der Waals surface area (Å²) < 4.78 is 0. The molecule has 0 bridgehead atoms. The Morgan fingerprint density at radius 1 is 1.64 bits per heavy atom. The van der Waals surface area contributed by atoms with Crippen molar-refractivity contribution < 1.29 is 0 Å². The largest absolute Gasteiger partial charge is 0.356 e. The lowest BCUT2D eigenvalue weighted by Gasteiger charge is -2.22.